The SMILES string of the molecule is CS(=O)(=O)O.NCCCC(=O)OO. The summed E-state index contributed by atoms with van der Waals surface area (Å²) < 4.78 is 25.9. The van der Waals surface area contributed by atoms with Crippen LogP contribution >= 0.6 is 0 Å². The van der Waals surface area contributed by atoms with E-state index in [-0.39, 0.29) is 6.42 Å². The van der Waals surface area contributed by atoms with E-state index in [1.165, 1.54) is 0 Å². The third-order valence-corrected chi connectivity index (χ3v) is 0.687. The van der Waals surface area contributed by atoms with Gasteiger partial charge >= 0.3 is 5.97 Å². The van der Waals surface area contributed by atoms with Crippen LogP contribution in [0.15, 0.2) is 0 Å². The quantitative estimate of drug-likeness (QED) is 0.321. The van der Waals surface area contributed by atoms with Crippen LogP contribution in [0.1, 0.15) is 12.8 Å². The lowest BCUT2D eigenvalue weighted by Crippen LogP contribution is -2.05. The summed E-state index contributed by atoms with van der Waals surface area (Å²) in [5.41, 5.74) is 5.04. The normalized spacial score (nSPS) is 9.85. The van der Waals surface area contributed by atoms with Crippen LogP contribution in [0.25, 0.3) is 0 Å². The molecule has 0 aromatic heterocycles. The van der Waals surface area contributed by atoms with Gasteiger partial charge in [0.25, 0.3) is 10.1 Å². The lowest BCUT2D eigenvalue weighted by molar-refractivity contribution is -0.234. The Morgan fingerprint density at radius 2 is 1.92 bits per heavy atom. The fraction of sp³-hybridized carbons (Fsp3) is 0.800. The first-order valence-electron chi connectivity index (χ1n) is 3.28. The van der Waals surface area contributed by atoms with Crippen LogP contribution < -0.4 is 5.73 Å². The molecule has 0 heterocycles. The molecule has 0 atom stereocenters. The zero-order valence-electron chi connectivity index (χ0n) is 7.13. The average molecular weight is 215 g/mol. The van der Waals surface area contributed by atoms with Crippen molar-refractivity contribution >= 4 is 16.1 Å². The van der Waals surface area contributed by atoms with E-state index in [4.69, 9.17) is 15.5 Å². The second kappa shape index (κ2) is 7.92. The summed E-state index contributed by atoms with van der Waals surface area (Å²) >= 11 is 0. The highest BCUT2D eigenvalue weighted by Crippen LogP contribution is 1.86. The zero-order valence-corrected chi connectivity index (χ0v) is 7.95. The van der Waals surface area contributed by atoms with Crippen molar-refractivity contribution in [2.24, 2.45) is 5.73 Å². The number of carbonyl (C=O) groups excluding carboxylic acids is 1. The molecule has 8 heteroatoms. The van der Waals surface area contributed by atoms with Crippen LogP contribution in [0.3, 0.4) is 0 Å². The van der Waals surface area contributed by atoms with Gasteiger partial charge in [0.15, 0.2) is 0 Å². The number of nitrogens with two attached hydrogens (primary N) is 1. The van der Waals surface area contributed by atoms with Crippen molar-refractivity contribution in [1.29, 1.82) is 0 Å². The maximum absolute atomic E-state index is 10.0. The van der Waals surface area contributed by atoms with Crippen molar-refractivity contribution in [3.8, 4) is 0 Å². The molecular formula is C5H13NO6S. The molecule has 4 N–H and O–H groups in total. The molecule has 0 saturated carbocycles. The van der Waals surface area contributed by atoms with Crippen molar-refractivity contribution in [3.05, 3.63) is 0 Å². The average Bonchev–Trinajstić information content (AvgIpc) is 1.97. The fourth-order valence-corrected chi connectivity index (χ4v) is 0.292. The molecule has 0 aliphatic rings. The Morgan fingerprint density at radius 1 is 1.54 bits per heavy atom. The Bertz CT molecular complexity index is 215. The van der Waals surface area contributed by atoms with Gasteiger partial charge in [-0.2, -0.15) is 13.7 Å². The minimum atomic E-state index is -3.67. The zero-order chi connectivity index (χ0) is 10.9. The largest absolute Gasteiger partial charge is 0.342 e. The topological polar surface area (TPSA) is 127 Å². The Kier molecular flexibility index (Phi) is 9.02. The van der Waals surface area contributed by atoms with Gasteiger partial charge in [-0.1, -0.05) is 0 Å². The molecule has 0 bridgehead atoms. The molecule has 0 saturated heterocycles. The highest BCUT2D eigenvalue weighted by atomic mass is 32.2. The first-order valence-corrected chi connectivity index (χ1v) is 5.13. The molecule has 0 radical (unpaired) electrons. The molecule has 0 spiro atoms. The molecule has 0 aliphatic carbocycles. The monoisotopic (exact) mass is 215 g/mol. The van der Waals surface area contributed by atoms with E-state index in [1.807, 2.05) is 0 Å². The van der Waals surface area contributed by atoms with Crippen molar-refractivity contribution in [1.82, 2.24) is 0 Å². The summed E-state index contributed by atoms with van der Waals surface area (Å²) in [6.07, 6.45) is 1.46. The van der Waals surface area contributed by atoms with Crippen molar-refractivity contribution in [3.63, 3.8) is 0 Å². The van der Waals surface area contributed by atoms with Gasteiger partial charge in [0.1, 0.15) is 0 Å². The van der Waals surface area contributed by atoms with Gasteiger partial charge in [0.2, 0.25) is 0 Å². The van der Waals surface area contributed by atoms with Gasteiger partial charge in [0, 0.05) is 0 Å². The Morgan fingerprint density at radius 3 is 2.15 bits per heavy atom. The maximum atomic E-state index is 10.0. The molecule has 0 fully saturated rings. The van der Waals surface area contributed by atoms with E-state index in [2.05, 4.69) is 4.89 Å². The van der Waals surface area contributed by atoms with Crippen molar-refractivity contribution in [2.75, 3.05) is 12.8 Å². The summed E-state index contributed by atoms with van der Waals surface area (Å²) in [4.78, 5) is 13.4. The van der Waals surface area contributed by atoms with Gasteiger partial charge in [-0.05, 0) is 13.0 Å². The fourth-order valence-electron chi connectivity index (χ4n) is 0.292. The van der Waals surface area contributed by atoms with Gasteiger partial charge in [-0.15, -0.1) is 0 Å². The number of hydrogen-bond donors (Lipinski definition) is 3. The van der Waals surface area contributed by atoms with E-state index < -0.39 is 16.1 Å². The van der Waals surface area contributed by atoms with Gasteiger partial charge in [-0.3, -0.25) is 4.55 Å². The van der Waals surface area contributed by atoms with Crippen LogP contribution in [0, 0.1) is 0 Å². The predicted molar refractivity (Wildman–Crippen MR) is 44.5 cm³/mol. The van der Waals surface area contributed by atoms with Gasteiger partial charge in [-0.25, -0.2) is 4.79 Å². The summed E-state index contributed by atoms with van der Waals surface area (Å²) in [7, 11) is -3.67. The van der Waals surface area contributed by atoms with Crippen molar-refractivity contribution in [2.45, 2.75) is 12.8 Å². The molecule has 7 nitrogen and oxygen atoms in total. The molecular weight excluding hydrogens is 202 g/mol. The van der Waals surface area contributed by atoms with Crippen molar-refractivity contribution < 1.29 is 27.9 Å². The Hall–Kier alpha value is -0.700. The third kappa shape index (κ3) is 34.8. The Labute approximate surface area is 76.2 Å². The molecule has 0 rings (SSSR count). The smallest absolute Gasteiger partial charge is 0.330 e. The summed E-state index contributed by atoms with van der Waals surface area (Å²) in [6, 6.07) is 0. The molecule has 0 aromatic carbocycles. The predicted octanol–water partition coefficient (Wildman–Crippen LogP) is -0.754. The van der Waals surface area contributed by atoms with Gasteiger partial charge < -0.3 is 10.6 Å². The van der Waals surface area contributed by atoms with Crippen LogP contribution in [-0.4, -0.2) is 37.0 Å². The second-order valence-corrected chi connectivity index (χ2v) is 3.55. The highest BCUT2D eigenvalue weighted by Gasteiger charge is 1.97. The summed E-state index contributed by atoms with van der Waals surface area (Å²) in [5, 5.41) is 7.67. The number of rotatable bonds is 3. The van der Waals surface area contributed by atoms with Crippen LogP contribution in [0.2, 0.25) is 0 Å². The van der Waals surface area contributed by atoms with E-state index in [0.717, 1.165) is 0 Å². The van der Waals surface area contributed by atoms with Crippen LogP contribution in [-0.2, 0) is 19.8 Å². The highest BCUT2D eigenvalue weighted by molar-refractivity contribution is 7.85. The number of hydrogen-bond acceptors (Lipinski definition) is 6. The minimum absolute atomic E-state index is 0.188. The summed E-state index contributed by atoms with van der Waals surface area (Å²) in [6.45, 7) is 0.440. The first kappa shape index (κ1) is 14.8. The van der Waals surface area contributed by atoms with E-state index in [9.17, 15) is 13.2 Å². The summed E-state index contributed by atoms with van der Waals surface area (Å²) in [5.74, 6) is -0.629. The van der Waals surface area contributed by atoms with E-state index in [1.54, 1.807) is 0 Å². The molecule has 80 valence electrons. The Balaban J connectivity index is 0. The first-order chi connectivity index (χ1) is 5.81. The molecule has 0 aromatic rings. The van der Waals surface area contributed by atoms with Crippen LogP contribution in [0.4, 0.5) is 0 Å². The lowest BCUT2D eigenvalue weighted by Gasteiger charge is -1.91. The third-order valence-electron chi connectivity index (χ3n) is 0.687. The lowest BCUT2D eigenvalue weighted by atomic mass is 10.3. The van der Waals surface area contributed by atoms with Crippen LogP contribution in [0.5, 0.6) is 0 Å². The molecule has 0 unspecified atom stereocenters. The van der Waals surface area contributed by atoms with E-state index >= 15 is 0 Å². The minimum Gasteiger partial charge on any atom is -0.330 e. The molecule has 0 aliphatic heterocycles. The standard InChI is InChI=1S/C4H9NO3.CH4O3S/c5-3-1-2-4(6)8-7;1-5(2,3)4/h7H,1-3,5H2;1H3,(H,2,3,4). The molecule has 13 heavy (non-hydrogen) atoms. The second-order valence-electron chi connectivity index (χ2n) is 2.09. The van der Waals surface area contributed by atoms with Gasteiger partial charge in [0.05, 0.1) is 12.7 Å². The molecule has 0 amide bonds. The number of carbonyl (C=O) groups is 1. The maximum Gasteiger partial charge on any atom is 0.342 e. The van der Waals surface area contributed by atoms with E-state index in [0.29, 0.717) is 19.2 Å².